The Morgan fingerprint density at radius 2 is 1.60 bits per heavy atom. The summed E-state index contributed by atoms with van der Waals surface area (Å²) >= 11 is 0. The van der Waals surface area contributed by atoms with E-state index in [4.69, 9.17) is 0 Å². The smallest absolute Gasteiger partial charge is 0.0297 e. The number of aromatic nitrogens is 1. The minimum absolute atomic E-state index is 1.21. The topological polar surface area (TPSA) is 12.9 Å². The summed E-state index contributed by atoms with van der Waals surface area (Å²) in [6.45, 7) is 6.53. The van der Waals surface area contributed by atoms with Gasteiger partial charge in [0.25, 0.3) is 0 Å². The van der Waals surface area contributed by atoms with Crippen molar-refractivity contribution in [3.63, 3.8) is 0 Å². The van der Waals surface area contributed by atoms with Gasteiger partial charge in [-0.25, -0.2) is 0 Å². The lowest BCUT2D eigenvalue weighted by Gasteiger charge is -1.93. The SMILES string of the molecule is CCCCCCCC.Cc1cccnc1. The number of pyridine rings is 1. The molecule has 0 unspecified atom stereocenters. The Kier molecular flexibility index (Phi) is 10.6. The molecule has 0 bridgehead atoms. The van der Waals surface area contributed by atoms with Gasteiger partial charge in [-0.15, -0.1) is 0 Å². The third-order valence-corrected chi connectivity index (χ3v) is 2.27. The molecule has 1 aromatic rings. The normalized spacial score (nSPS) is 9.27. The van der Waals surface area contributed by atoms with Crippen molar-refractivity contribution < 1.29 is 0 Å². The summed E-state index contributed by atoms with van der Waals surface area (Å²) in [6, 6.07) is 3.95. The summed E-state index contributed by atoms with van der Waals surface area (Å²) in [5.41, 5.74) is 1.21. The maximum Gasteiger partial charge on any atom is 0.0297 e. The summed E-state index contributed by atoms with van der Waals surface area (Å²) < 4.78 is 0. The molecule has 1 heterocycles. The molecule has 0 saturated heterocycles. The van der Waals surface area contributed by atoms with E-state index in [1.807, 2.05) is 25.3 Å². The first-order valence-corrected chi connectivity index (χ1v) is 6.17. The summed E-state index contributed by atoms with van der Waals surface area (Å²) in [6.07, 6.45) is 12.1. The molecule has 0 saturated carbocycles. The Balaban J connectivity index is 0.000000262. The molecule has 0 aliphatic carbocycles. The van der Waals surface area contributed by atoms with Crippen LogP contribution in [0.5, 0.6) is 0 Å². The van der Waals surface area contributed by atoms with Crippen LogP contribution in [-0.4, -0.2) is 4.98 Å². The summed E-state index contributed by atoms with van der Waals surface area (Å²) in [7, 11) is 0. The van der Waals surface area contributed by atoms with Crippen molar-refractivity contribution in [1.82, 2.24) is 4.98 Å². The van der Waals surface area contributed by atoms with E-state index in [0.717, 1.165) is 0 Å². The number of aryl methyl sites for hydroxylation is 1. The Bertz CT molecular complexity index is 200. The van der Waals surface area contributed by atoms with E-state index in [1.54, 1.807) is 6.20 Å². The molecule has 0 spiro atoms. The molecule has 0 amide bonds. The molecule has 1 aromatic heterocycles. The van der Waals surface area contributed by atoms with Gasteiger partial charge in [-0.05, 0) is 18.6 Å². The summed E-state index contributed by atoms with van der Waals surface area (Å²) in [5.74, 6) is 0. The summed E-state index contributed by atoms with van der Waals surface area (Å²) in [5, 5.41) is 0. The van der Waals surface area contributed by atoms with Crippen molar-refractivity contribution in [2.75, 3.05) is 0 Å². The van der Waals surface area contributed by atoms with Crippen LogP contribution < -0.4 is 0 Å². The predicted molar refractivity (Wildman–Crippen MR) is 68.0 cm³/mol. The second-order valence-electron chi connectivity index (χ2n) is 3.94. The fourth-order valence-electron chi connectivity index (χ4n) is 1.30. The van der Waals surface area contributed by atoms with Crippen molar-refractivity contribution in [2.24, 2.45) is 0 Å². The first-order valence-electron chi connectivity index (χ1n) is 6.17. The Labute approximate surface area is 94.9 Å². The summed E-state index contributed by atoms with van der Waals surface area (Å²) in [4.78, 5) is 3.88. The second kappa shape index (κ2) is 11.2. The molecule has 86 valence electrons. The van der Waals surface area contributed by atoms with E-state index in [2.05, 4.69) is 18.8 Å². The maximum absolute atomic E-state index is 3.88. The predicted octanol–water partition coefficient (Wildman–Crippen LogP) is 4.76. The minimum Gasteiger partial charge on any atom is -0.264 e. The van der Waals surface area contributed by atoms with Crippen LogP contribution in [0.1, 0.15) is 57.9 Å². The van der Waals surface area contributed by atoms with Crippen LogP contribution in [0.2, 0.25) is 0 Å². The van der Waals surface area contributed by atoms with Gasteiger partial charge in [0.1, 0.15) is 0 Å². The van der Waals surface area contributed by atoms with Crippen molar-refractivity contribution >= 4 is 0 Å². The van der Waals surface area contributed by atoms with E-state index < -0.39 is 0 Å². The van der Waals surface area contributed by atoms with E-state index in [-0.39, 0.29) is 0 Å². The highest BCUT2D eigenvalue weighted by molar-refractivity contribution is 5.04. The molecule has 1 rings (SSSR count). The molecular weight excluding hydrogens is 182 g/mol. The molecule has 0 atom stereocenters. The Hall–Kier alpha value is -0.850. The molecule has 0 N–H and O–H groups in total. The third-order valence-electron chi connectivity index (χ3n) is 2.27. The number of rotatable bonds is 5. The molecule has 0 fully saturated rings. The van der Waals surface area contributed by atoms with E-state index >= 15 is 0 Å². The van der Waals surface area contributed by atoms with Crippen LogP contribution in [0.3, 0.4) is 0 Å². The standard InChI is InChI=1S/C8H18.C6H7N/c1-3-5-7-8-6-4-2;1-6-3-2-4-7-5-6/h3-8H2,1-2H3;2-5H,1H3. The van der Waals surface area contributed by atoms with Crippen molar-refractivity contribution in [3.05, 3.63) is 30.1 Å². The lowest BCUT2D eigenvalue weighted by molar-refractivity contribution is 0.624. The van der Waals surface area contributed by atoms with Gasteiger partial charge in [0.2, 0.25) is 0 Å². The van der Waals surface area contributed by atoms with Crippen LogP contribution in [0.25, 0.3) is 0 Å². The zero-order valence-corrected chi connectivity index (χ0v) is 10.5. The fraction of sp³-hybridized carbons (Fsp3) is 0.643. The quantitative estimate of drug-likeness (QED) is 0.634. The minimum atomic E-state index is 1.21. The first-order chi connectivity index (χ1) is 7.31. The highest BCUT2D eigenvalue weighted by Gasteiger charge is 1.83. The molecule has 1 nitrogen and oxygen atoms in total. The zero-order valence-electron chi connectivity index (χ0n) is 10.5. The highest BCUT2D eigenvalue weighted by Crippen LogP contribution is 2.03. The molecule has 15 heavy (non-hydrogen) atoms. The van der Waals surface area contributed by atoms with Gasteiger partial charge in [0.15, 0.2) is 0 Å². The number of nitrogens with zero attached hydrogens (tertiary/aromatic N) is 1. The number of hydrogen-bond donors (Lipinski definition) is 0. The first kappa shape index (κ1) is 14.2. The maximum atomic E-state index is 3.88. The van der Waals surface area contributed by atoms with Crippen LogP contribution in [0.4, 0.5) is 0 Å². The van der Waals surface area contributed by atoms with Crippen molar-refractivity contribution in [3.8, 4) is 0 Å². The van der Waals surface area contributed by atoms with Gasteiger partial charge in [-0.2, -0.15) is 0 Å². The molecule has 1 heteroatoms. The third kappa shape index (κ3) is 11.1. The van der Waals surface area contributed by atoms with Crippen LogP contribution in [0.15, 0.2) is 24.5 Å². The lowest BCUT2D eigenvalue weighted by Crippen LogP contribution is -1.73. The molecular formula is C14H25N. The molecule has 0 aromatic carbocycles. The van der Waals surface area contributed by atoms with Crippen LogP contribution >= 0.6 is 0 Å². The highest BCUT2D eigenvalue weighted by atomic mass is 14.6. The molecule has 0 aliphatic heterocycles. The fourth-order valence-corrected chi connectivity index (χ4v) is 1.30. The molecule has 0 radical (unpaired) electrons. The van der Waals surface area contributed by atoms with Gasteiger partial charge in [-0.1, -0.05) is 58.4 Å². The van der Waals surface area contributed by atoms with E-state index in [9.17, 15) is 0 Å². The van der Waals surface area contributed by atoms with Gasteiger partial charge in [-0.3, -0.25) is 4.98 Å². The largest absolute Gasteiger partial charge is 0.264 e. The second-order valence-corrected chi connectivity index (χ2v) is 3.94. The van der Waals surface area contributed by atoms with Crippen LogP contribution in [0, 0.1) is 6.92 Å². The van der Waals surface area contributed by atoms with E-state index in [1.165, 1.54) is 44.1 Å². The monoisotopic (exact) mass is 207 g/mol. The van der Waals surface area contributed by atoms with Crippen LogP contribution in [-0.2, 0) is 0 Å². The number of hydrogen-bond acceptors (Lipinski definition) is 1. The van der Waals surface area contributed by atoms with Gasteiger partial charge >= 0.3 is 0 Å². The zero-order chi connectivity index (χ0) is 11.4. The Morgan fingerprint density at radius 1 is 1.00 bits per heavy atom. The van der Waals surface area contributed by atoms with Gasteiger partial charge < -0.3 is 0 Å². The number of unbranched alkanes of at least 4 members (excludes halogenated alkanes) is 5. The average Bonchev–Trinajstić information content (AvgIpc) is 2.27. The molecule has 0 aliphatic rings. The van der Waals surface area contributed by atoms with Gasteiger partial charge in [0.05, 0.1) is 0 Å². The van der Waals surface area contributed by atoms with Crippen molar-refractivity contribution in [1.29, 1.82) is 0 Å². The lowest BCUT2D eigenvalue weighted by atomic mass is 10.1. The van der Waals surface area contributed by atoms with Crippen molar-refractivity contribution in [2.45, 2.75) is 59.3 Å². The average molecular weight is 207 g/mol. The Morgan fingerprint density at radius 3 is 1.87 bits per heavy atom. The van der Waals surface area contributed by atoms with Gasteiger partial charge in [0, 0.05) is 12.4 Å². The van der Waals surface area contributed by atoms with E-state index in [0.29, 0.717) is 0 Å².